The van der Waals surface area contributed by atoms with Crippen LogP contribution in [0.4, 0.5) is 0 Å². The van der Waals surface area contributed by atoms with Gasteiger partial charge in [-0.2, -0.15) is 0 Å². The van der Waals surface area contributed by atoms with Gasteiger partial charge in [-0.15, -0.1) is 0 Å². The molecule has 0 heterocycles. The molecule has 2 atom stereocenters. The molecule has 1 rings (SSSR count). The van der Waals surface area contributed by atoms with E-state index in [4.69, 9.17) is 0 Å². The van der Waals surface area contributed by atoms with Crippen LogP contribution in [0.5, 0.6) is 0 Å². The second-order valence-corrected chi connectivity index (χ2v) is 5.38. The first-order valence-corrected chi connectivity index (χ1v) is 7.15. The van der Waals surface area contributed by atoms with Crippen LogP contribution in [0.2, 0.25) is 0 Å². The zero-order chi connectivity index (χ0) is 13.5. The van der Waals surface area contributed by atoms with Crippen LogP contribution in [0.1, 0.15) is 59.3 Å². The van der Waals surface area contributed by atoms with Crippen LogP contribution in [-0.4, -0.2) is 23.9 Å². The quantitative estimate of drug-likeness (QED) is 0.788. The molecule has 0 aromatic rings. The SMILES string of the molecule is CCC(C)NC(=O)C(C)NC(=O)C1CCCCC1. The predicted octanol–water partition coefficient (Wildman–Crippen LogP) is 1.99. The van der Waals surface area contributed by atoms with Crippen molar-refractivity contribution in [3.63, 3.8) is 0 Å². The Morgan fingerprint density at radius 1 is 1.11 bits per heavy atom. The minimum absolute atomic E-state index is 0.0431. The van der Waals surface area contributed by atoms with E-state index >= 15 is 0 Å². The number of rotatable bonds is 5. The highest BCUT2D eigenvalue weighted by atomic mass is 16.2. The number of hydrogen-bond donors (Lipinski definition) is 2. The fourth-order valence-electron chi connectivity index (χ4n) is 2.23. The smallest absolute Gasteiger partial charge is 0.242 e. The van der Waals surface area contributed by atoms with Gasteiger partial charge >= 0.3 is 0 Å². The fraction of sp³-hybridized carbons (Fsp3) is 0.857. The van der Waals surface area contributed by atoms with Gasteiger partial charge in [-0.1, -0.05) is 26.2 Å². The Hall–Kier alpha value is -1.06. The van der Waals surface area contributed by atoms with Gasteiger partial charge in [0.15, 0.2) is 0 Å². The van der Waals surface area contributed by atoms with Gasteiger partial charge in [0.2, 0.25) is 11.8 Å². The van der Waals surface area contributed by atoms with E-state index in [2.05, 4.69) is 10.6 Å². The van der Waals surface area contributed by atoms with Crippen molar-refractivity contribution in [2.75, 3.05) is 0 Å². The molecule has 2 unspecified atom stereocenters. The summed E-state index contributed by atoms with van der Waals surface area (Å²) in [5, 5.41) is 5.71. The maximum absolute atomic E-state index is 12.0. The van der Waals surface area contributed by atoms with Crippen LogP contribution in [-0.2, 0) is 9.59 Å². The van der Waals surface area contributed by atoms with Gasteiger partial charge < -0.3 is 10.6 Å². The van der Waals surface area contributed by atoms with Crippen molar-refractivity contribution in [3.05, 3.63) is 0 Å². The standard InChI is InChI=1S/C14H26N2O2/c1-4-10(2)15-13(17)11(3)16-14(18)12-8-6-5-7-9-12/h10-12H,4-9H2,1-3H3,(H,15,17)(H,16,18). The van der Waals surface area contributed by atoms with E-state index in [0.29, 0.717) is 0 Å². The summed E-state index contributed by atoms with van der Waals surface area (Å²) < 4.78 is 0. The van der Waals surface area contributed by atoms with Crippen molar-refractivity contribution < 1.29 is 9.59 Å². The van der Waals surface area contributed by atoms with Gasteiger partial charge in [0.1, 0.15) is 6.04 Å². The van der Waals surface area contributed by atoms with Gasteiger partial charge in [0.25, 0.3) is 0 Å². The van der Waals surface area contributed by atoms with Gasteiger partial charge in [-0.25, -0.2) is 0 Å². The van der Waals surface area contributed by atoms with Crippen molar-refractivity contribution in [3.8, 4) is 0 Å². The molecule has 104 valence electrons. The first-order valence-electron chi connectivity index (χ1n) is 7.15. The van der Waals surface area contributed by atoms with Gasteiger partial charge in [0.05, 0.1) is 0 Å². The maximum atomic E-state index is 12.0. The van der Waals surface area contributed by atoms with E-state index in [1.54, 1.807) is 6.92 Å². The van der Waals surface area contributed by atoms with Crippen molar-refractivity contribution >= 4 is 11.8 Å². The maximum Gasteiger partial charge on any atom is 0.242 e. The molecule has 0 saturated heterocycles. The summed E-state index contributed by atoms with van der Waals surface area (Å²) in [6, 6.07) is -0.278. The van der Waals surface area contributed by atoms with Crippen LogP contribution in [0, 0.1) is 5.92 Å². The molecular weight excluding hydrogens is 228 g/mol. The van der Waals surface area contributed by atoms with E-state index < -0.39 is 6.04 Å². The molecule has 4 heteroatoms. The molecule has 2 N–H and O–H groups in total. The predicted molar refractivity (Wildman–Crippen MR) is 72.1 cm³/mol. The normalized spacial score (nSPS) is 19.9. The number of amides is 2. The highest BCUT2D eigenvalue weighted by molar-refractivity contribution is 5.88. The van der Waals surface area contributed by atoms with Gasteiger partial charge in [0, 0.05) is 12.0 Å². The Morgan fingerprint density at radius 3 is 2.28 bits per heavy atom. The topological polar surface area (TPSA) is 58.2 Å². The Labute approximate surface area is 110 Å². The van der Waals surface area contributed by atoms with Crippen LogP contribution < -0.4 is 10.6 Å². The summed E-state index contributed by atoms with van der Waals surface area (Å²) in [5.74, 6) is 0.0626. The summed E-state index contributed by atoms with van der Waals surface area (Å²) in [5.41, 5.74) is 0. The lowest BCUT2D eigenvalue weighted by Crippen LogP contribution is -2.48. The molecule has 18 heavy (non-hydrogen) atoms. The lowest BCUT2D eigenvalue weighted by atomic mass is 9.88. The Balaban J connectivity index is 2.35. The Morgan fingerprint density at radius 2 is 1.72 bits per heavy atom. The molecule has 0 aromatic carbocycles. The third kappa shape index (κ3) is 4.67. The van der Waals surface area contributed by atoms with Crippen LogP contribution in [0.25, 0.3) is 0 Å². The summed E-state index contributed by atoms with van der Waals surface area (Å²) in [6.07, 6.45) is 6.32. The van der Waals surface area contributed by atoms with Crippen LogP contribution in [0.3, 0.4) is 0 Å². The zero-order valence-corrected chi connectivity index (χ0v) is 11.8. The van der Waals surface area contributed by atoms with E-state index in [-0.39, 0.29) is 23.8 Å². The summed E-state index contributed by atoms with van der Waals surface area (Å²) >= 11 is 0. The average Bonchev–Trinajstić information content (AvgIpc) is 2.39. The number of carbonyl (C=O) groups excluding carboxylic acids is 2. The van der Waals surface area contributed by atoms with Crippen molar-refractivity contribution in [2.24, 2.45) is 5.92 Å². The molecule has 4 nitrogen and oxygen atoms in total. The first kappa shape index (κ1) is 15.0. The summed E-state index contributed by atoms with van der Waals surface area (Å²) in [7, 11) is 0. The summed E-state index contributed by atoms with van der Waals surface area (Å²) in [4.78, 5) is 23.8. The highest BCUT2D eigenvalue weighted by Crippen LogP contribution is 2.23. The van der Waals surface area contributed by atoms with E-state index in [9.17, 15) is 9.59 Å². The molecule has 0 aliphatic heterocycles. The Bertz CT molecular complexity index is 286. The summed E-state index contributed by atoms with van der Waals surface area (Å²) in [6.45, 7) is 5.74. The molecule has 1 saturated carbocycles. The third-order valence-electron chi connectivity index (χ3n) is 3.73. The van der Waals surface area contributed by atoms with Gasteiger partial charge in [-0.05, 0) is 33.1 Å². The molecule has 1 aliphatic rings. The lowest BCUT2D eigenvalue weighted by molar-refractivity contribution is -0.131. The monoisotopic (exact) mass is 254 g/mol. The number of hydrogen-bond acceptors (Lipinski definition) is 2. The molecule has 0 radical (unpaired) electrons. The van der Waals surface area contributed by atoms with Crippen LogP contribution in [0.15, 0.2) is 0 Å². The van der Waals surface area contributed by atoms with Crippen molar-refractivity contribution in [1.29, 1.82) is 0 Å². The van der Waals surface area contributed by atoms with Gasteiger partial charge in [-0.3, -0.25) is 9.59 Å². The fourth-order valence-corrected chi connectivity index (χ4v) is 2.23. The Kier molecular flexibility index (Phi) is 6.16. The van der Waals surface area contributed by atoms with E-state index in [1.165, 1.54) is 6.42 Å². The third-order valence-corrected chi connectivity index (χ3v) is 3.73. The first-order chi connectivity index (χ1) is 8.54. The second-order valence-electron chi connectivity index (χ2n) is 5.38. The largest absolute Gasteiger partial charge is 0.352 e. The van der Waals surface area contributed by atoms with Crippen LogP contribution >= 0.6 is 0 Å². The van der Waals surface area contributed by atoms with E-state index in [0.717, 1.165) is 32.1 Å². The van der Waals surface area contributed by atoms with E-state index in [1.807, 2.05) is 13.8 Å². The minimum Gasteiger partial charge on any atom is -0.352 e. The minimum atomic E-state index is -0.437. The van der Waals surface area contributed by atoms with Crippen molar-refractivity contribution in [1.82, 2.24) is 10.6 Å². The molecule has 1 fully saturated rings. The zero-order valence-electron chi connectivity index (χ0n) is 11.8. The number of nitrogens with one attached hydrogen (secondary N) is 2. The molecule has 0 bridgehead atoms. The molecular formula is C14H26N2O2. The molecule has 1 aliphatic carbocycles. The highest BCUT2D eigenvalue weighted by Gasteiger charge is 2.24. The number of carbonyl (C=O) groups is 2. The molecule has 2 amide bonds. The molecule has 0 aromatic heterocycles. The lowest BCUT2D eigenvalue weighted by Gasteiger charge is -2.23. The molecule has 0 spiro atoms. The average molecular weight is 254 g/mol. The second kappa shape index (κ2) is 7.39. The van der Waals surface area contributed by atoms with Crippen molar-refractivity contribution in [2.45, 2.75) is 71.4 Å².